The summed E-state index contributed by atoms with van der Waals surface area (Å²) in [4.78, 5) is 4.41. The quantitative estimate of drug-likeness (QED) is 0.830. The van der Waals surface area contributed by atoms with Gasteiger partial charge in [0.15, 0.2) is 0 Å². The van der Waals surface area contributed by atoms with Crippen LogP contribution in [0.2, 0.25) is 0 Å². The molecule has 1 aliphatic rings. The van der Waals surface area contributed by atoms with E-state index < -0.39 is 5.60 Å². The molecule has 4 nitrogen and oxygen atoms in total. The molecule has 1 aromatic rings. The molecule has 2 rings (SSSR count). The molecule has 0 saturated heterocycles. The predicted molar refractivity (Wildman–Crippen MR) is 77.0 cm³/mol. The second-order valence-corrected chi connectivity index (χ2v) is 5.70. The maximum Gasteiger partial charge on any atom is 0.140 e. The summed E-state index contributed by atoms with van der Waals surface area (Å²) in [6.45, 7) is 6.36. The van der Waals surface area contributed by atoms with Gasteiger partial charge in [-0.1, -0.05) is 13.8 Å². The number of nitrogens with zero attached hydrogens (tertiary/aromatic N) is 2. The van der Waals surface area contributed by atoms with Gasteiger partial charge in [0.1, 0.15) is 11.4 Å². The van der Waals surface area contributed by atoms with E-state index in [-0.39, 0.29) is 0 Å². The molecular formula is C15H27N3O. The summed E-state index contributed by atoms with van der Waals surface area (Å²) in [5.41, 5.74) is -0.719. The minimum atomic E-state index is -0.719. The monoisotopic (exact) mass is 265 g/mol. The highest BCUT2D eigenvalue weighted by atomic mass is 16.3. The van der Waals surface area contributed by atoms with Crippen LogP contribution in [0.25, 0.3) is 0 Å². The third kappa shape index (κ3) is 3.37. The lowest BCUT2D eigenvalue weighted by molar-refractivity contribution is -0.0191. The fourth-order valence-electron chi connectivity index (χ4n) is 3.01. The van der Waals surface area contributed by atoms with Crippen molar-refractivity contribution in [1.29, 1.82) is 0 Å². The van der Waals surface area contributed by atoms with E-state index in [0.717, 1.165) is 51.0 Å². The number of hydrogen-bond acceptors (Lipinski definition) is 3. The molecule has 0 unspecified atom stereocenters. The Hall–Kier alpha value is -0.870. The van der Waals surface area contributed by atoms with Crippen molar-refractivity contribution >= 4 is 0 Å². The third-order valence-corrected chi connectivity index (χ3v) is 4.09. The molecule has 0 spiro atoms. The van der Waals surface area contributed by atoms with E-state index in [1.807, 2.05) is 12.4 Å². The Morgan fingerprint density at radius 2 is 2.11 bits per heavy atom. The first-order valence-electron chi connectivity index (χ1n) is 7.67. The number of imidazole rings is 1. The number of rotatable bonds is 6. The van der Waals surface area contributed by atoms with Crippen molar-refractivity contribution in [3.63, 3.8) is 0 Å². The Kier molecular flexibility index (Phi) is 4.99. The SMILES string of the molecule is CCCNC1CCC(O)(c2nccn2CCC)CC1. The molecule has 1 aromatic heterocycles. The second kappa shape index (κ2) is 6.53. The van der Waals surface area contributed by atoms with E-state index in [1.165, 1.54) is 6.42 Å². The zero-order chi connectivity index (χ0) is 13.7. The van der Waals surface area contributed by atoms with Crippen LogP contribution in [0.3, 0.4) is 0 Å². The van der Waals surface area contributed by atoms with Crippen LogP contribution in [0.5, 0.6) is 0 Å². The molecule has 1 heterocycles. The molecule has 0 atom stereocenters. The smallest absolute Gasteiger partial charge is 0.140 e. The molecule has 19 heavy (non-hydrogen) atoms. The summed E-state index contributed by atoms with van der Waals surface area (Å²) >= 11 is 0. The lowest BCUT2D eigenvalue weighted by Gasteiger charge is -2.36. The van der Waals surface area contributed by atoms with Crippen molar-refractivity contribution in [2.75, 3.05) is 6.54 Å². The molecule has 0 amide bonds. The summed E-state index contributed by atoms with van der Waals surface area (Å²) in [6.07, 6.45) is 9.74. The summed E-state index contributed by atoms with van der Waals surface area (Å²) in [5, 5.41) is 14.4. The zero-order valence-electron chi connectivity index (χ0n) is 12.2. The van der Waals surface area contributed by atoms with Gasteiger partial charge in [0.25, 0.3) is 0 Å². The maximum absolute atomic E-state index is 10.9. The van der Waals surface area contributed by atoms with Crippen LogP contribution >= 0.6 is 0 Å². The molecule has 0 radical (unpaired) electrons. The summed E-state index contributed by atoms with van der Waals surface area (Å²) in [7, 11) is 0. The van der Waals surface area contributed by atoms with Crippen molar-refractivity contribution < 1.29 is 5.11 Å². The number of aliphatic hydroxyl groups is 1. The molecular weight excluding hydrogens is 238 g/mol. The van der Waals surface area contributed by atoms with Crippen LogP contribution in [0.15, 0.2) is 12.4 Å². The molecule has 4 heteroatoms. The van der Waals surface area contributed by atoms with Gasteiger partial charge >= 0.3 is 0 Å². The van der Waals surface area contributed by atoms with E-state index in [2.05, 4.69) is 28.7 Å². The molecule has 2 N–H and O–H groups in total. The van der Waals surface area contributed by atoms with Crippen LogP contribution in [0.1, 0.15) is 58.2 Å². The van der Waals surface area contributed by atoms with E-state index in [1.54, 1.807) is 0 Å². The van der Waals surface area contributed by atoms with Crippen LogP contribution in [-0.2, 0) is 12.1 Å². The minimum Gasteiger partial charge on any atom is -0.382 e. The molecule has 108 valence electrons. The Bertz CT molecular complexity index is 380. The molecule has 1 aliphatic carbocycles. The van der Waals surface area contributed by atoms with Gasteiger partial charge in [-0.25, -0.2) is 4.98 Å². The fraction of sp³-hybridized carbons (Fsp3) is 0.800. The van der Waals surface area contributed by atoms with Gasteiger partial charge in [0, 0.05) is 25.0 Å². The first-order valence-corrected chi connectivity index (χ1v) is 7.67. The van der Waals surface area contributed by atoms with Gasteiger partial charge in [-0.15, -0.1) is 0 Å². The van der Waals surface area contributed by atoms with Crippen LogP contribution in [0, 0.1) is 0 Å². The number of hydrogen-bond donors (Lipinski definition) is 2. The third-order valence-electron chi connectivity index (χ3n) is 4.09. The zero-order valence-corrected chi connectivity index (χ0v) is 12.2. The van der Waals surface area contributed by atoms with Gasteiger partial charge in [0.05, 0.1) is 0 Å². The fourth-order valence-corrected chi connectivity index (χ4v) is 3.01. The van der Waals surface area contributed by atoms with Crippen molar-refractivity contribution in [1.82, 2.24) is 14.9 Å². The Morgan fingerprint density at radius 1 is 1.37 bits per heavy atom. The summed E-state index contributed by atoms with van der Waals surface area (Å²) < 4.78 is 2.11. The minimum absolute atomic E-state index is 0.565. The summed E-state index contributed by atoms with van der Waals surface area (Å²) in [6, 6.07) is 0.565. The molecule has 1 fully saturated rings. The molecule has 1 saturated carbocycles. The number of aromatic nitrogens is 2. The maximum atomic E-state index is 10.9. The Labute approximate surface area is 116 Å². The van der Waals surface area contributed by atoms with E-state index in [4.69, 9.17) is 0 Å². The van der Waals surface area contributed by atoms with Crippen LogP contribution in [0.4, 0.5) is 0 Å². The highest BCUT2D eigenvalue weighted by Gasteiger charge is 2.37. The standard InChI is InChI=1S/C15H27N3O/c1-3-9-16-13-5-7-15(19,8-6-13)14-17-10-12-18(14)11-4-2/h10,12-13,16,19H,3-9,11H2,1-2H3. The average Bonchev–Trinajstić information content (AvgIpc) is 2.88. The largest absolute Gasteiger partial charge is 0.382 e. The Balaban J connectivity index is 1.98. The van der Waals surface area contributed by atoms with Crippen LogP contribution in [-0.4, -0.2) is 27.2 Å². The van der Waals surface area contributed by atoms with E-state index in [0.29, 0.717) is 6.04 Å². The highest BCUT2D eigenvalue weighted by molar-refractivity contribution is 5.07. The predicted octanol–water partition coefficient (Wildman–Crippen LogP) is 2.42. The van der Waals surface area contributed by atoms with Gasteiger partial charge in [-0.2, -0.15) is 0 Å². The molecule has 0 aliphatic heterocycles. The van der Waals surface area contributed by atoms with E-state index in [9.17, 15) is 5.11 Å². The highest BCUT2D eigenvalue weighted by Crippen LogP contribution is 2.36. The number of aryl methyl sites for hydroxylation is 1. The lowest BCUT2D eigenvalue weighted by atomic mass is 9.81. The normalized spacial score (nSPS) is 27.6. The Morgan fingerprint density at radius 3 is 2.74 bits per heavy atom. The second-order valence-electron chi connectivity index (χ2n) is 5.70. The van der Waals surface area contributed by atoms with Gasteiger partial charge < -0.3 is 15.0 Å². The van der Waals surface area contributed by atoms with Crippen molar-refractivity contribution in [2.24, 2.45) is 0 Å². The van der Waals surface area contributed by atoms with Gasteiger partial charge in [0.2, 0.25) is 0 Å². The van der Waals surface area contributed by atoms with Crippen LogP contribution < -0.4 is 5.32 Å². The first kappa shape index (κ1) is 14.5. The summed E-state index contributed by atoms with van der Waals surface area (Å²) in [5.74, 6) is 0.864. The first-order chi connectivity index (χ1) is 9.19. The van der Waals surface area contributed by atoms with Gasteiger partial charge in [-0.3, -0.25) is 0 Å². The molecule has 0 bridgehead atoms. The van der Waals surface area contributed by atoms with E-state index >= 15 is 0 Å². The van der Waals surface area contributed by atoms with Crippen molar-refractivity contribution in [3.05, 3.63) is 18.2 Å². The molecule has 0 aromatic carbocycles. The van der Waals surface area contributed by atoms with Gasteiger partial charge in [-0.05, 0) is 45.1 Å². The average molecular weight is 265 g/mol. The van der Waals surface area contributed by atoms with Crippen molar-refractivity contribution in [2.45, 2.75) is 70.6 Å². The lowest BCUT2D eigenvalue weighted by Crippen LogP contribution is -2.41. The number of nitrogens with one attached hydrogen (secondary N) is 1. The topological polar surface area (TPSA) is 50.1 Å². The van der Waals surface area contributed by atoms with Crippen molar-refractivity contribution in [3.8, 4) is 0 Å².